The molecule has 0 aliphatic carbocycles. The molecule has 0 saturated heterocycles. The molecule has 0 atom stereocenters. The summed E-state index contributed by atoms with van der Waals surface area (Å²) in [6.45, 7) is 9.03. The monoisotopic (exact) mass is 296 g/mol. The van der Waals surface area contributed by atoms with Crippen LogP contribution in [0.2, 0.25) is 0 Å². The summed E-state index contributed by atoms with van der Waals surface area (Å²) in [6, 6.07) is 6.46. The van der Waals surface area contributed by atoms with Gasteiger partial charge in [0.15, 0.2) is 0 Å². The van der Waals surface area contributed by atoms with Crippen LogP contribution in [-0.2, 0) is 24.4 Å². The van der Waals surface area contributed by atoms with Gasteiger partial charge in [-0.15, -0.1) is 12.4 Å². The largest absolute Gasteiger partial charge is 0.352 e. The molecular formula is C16H25ClN2O. The van der Waals surface area contributed by atoms with Gasteiger partial charge in [-0.2, -0.15) is 0 Å². The zero-order valence-corrected chi connectivity index (χ0v) is 13.4. The first-order valence-corrected chi connectivity index (χ1v) is 7.02. The average molecular weight is 297 g/mol. The molecule has 0 saturated carbocycles. The minimum atomic E-state index is 0. The van der Waals surface area contributed by atoms with E-state index in [-0.39, 0.29) is 23.7 Å². The molecule has 1 aliphatic rings. The second-order valence-corrected chi connectivity index (χ2v) is 6.54. The lowest BCUT2D eigenvalue weighted by atomic mass is 9.90. The number of nitrogens with one attached hydrogen (secondary N) is 2. The summed E-state index contributed by atoms with van der Waals surface area (Å²) in [5.41, 5.74) is 4.15. The molecule has 1 amide bonds. The molecule has 0 radical (unpaired) electrons. The number of hydrogen-bond acceptors (Lipinski definition) is 2. The van der Waals surface area contributed by atoms with Gasteiger partial charge in [0.2, 0.25) is 5.91 Å². The Bertz CT molecular complexity index is 466. The molecule has 3 nitrogen and oxygen atoms in total. The van der Waals surface area contributed by atoms with E-state index in [1.54, 1.807) is 0 Å². The minimum absolute atomic E-state index is 0. The van der Waals surface area contributed by atoms with Gasteiger partial charge in [0.1, 0.15) is 0 Å². The minimum Gasteiger partial charge on any atom is -0.352 e. The Kier molecular flexibility index (Phi) is 6.03. The Hall–Kier alpha value is -1.06. The third kappa shape index (κ3) is 5.14. The van der Waals surface area contributed by atoms with Gasteiger partial charge in [-0.05, 0) is 28.5 Å². The van der Waals surface area contributed by atoms with Crippen LogP contribution >= 0.6 is 12.4 Å². The quantitative estimate of drug-likeness (QED) is 0.896. The van der Waals surface area contributed by atoms with Gasteiger partial charge < -0.3 is 10.6 Å². The molecule has 0 aromatic heterocycles. The van der Waals surface area contributed by atoms with Crippen LogP contribution in [0, 0.1) is 5.41 Å². The molecule has 1 aliphatic heterocycles. The van der Waals surface area contributed by atoms with Crippen molar-refractivity contribution in [1.82, 2.24) is 10.6 Å². The molecule has 1 aromatic carbocycles. The fraction of sp³-hybridized carbons (Fsp3) is 0.562. The van der Waals surface area contributed by atoms with Crippen LogP contribution in [0.15, 0.2) is 18.2 Å². The summed E-state index contributed by atoms with van der Waals surface area (Å²) < 4.78 is 0. The van der Waals surface area contributed by atoms with E-state index in [0.29, 0.717) is 13.0 Å². The van der Waals surface area contributed by atoms with Gasteiger partial charge in [-0.3, -0.25) is 4.79 Å². The number of halogens is 1. The number of carbonyl (C=O) groups excluding carboxylic acids is 1. The molecule has 2 N–H and O–H groups in total. The number of hydrogen-bond donors (Lipinski definition) is 2. The van der Waals surface area contributed by atoms with Crippen LogP contribution in [-0.4, -0.2) is 5.91 Å². The Balaban J connectivity index is 0.00000200. The maximum absolute atomic E-state index is 11.8. The highest BCUT2D eigenvalue weighted by molar-refractivity contribution is 5.85. The molecule has 1 heterocycles. The molecule has 2 rings (SSSR count). The van der Waals surface area contributed by atoms with E-state index in [9.17, 15) is 4.79 Å². The van der Waals surface area contributed by atoms with Gasteiger partial charge in [0, 0.05) is 26.1 Å². The van der Waals surface area contributed by atoms with E-state index in [0.717, 1.165) is 19.5 Å². The van der Waals surface area contributed by atoms with E-state index in [1.807, 2.05) is 0 Å². The molecule has 0 fully saturated rings. The van der Waals surface area contributed by atoms with Crippen molar-refractivity contribution >= 4 is 18.3 Å². The van der Waals surface area contributed by atoms with Crippen LogP contribution in [0.25, 0.3) is 0 Å². The standard InChI is InChI=1S/C16H24N2O.ClH/c1-16(2,3)7-6-15(19)18-9-12-4-5-13-10-17-11-14(13)8-12;/h4-5,8,17H,6-7,9-11H2,1-3H3,(H,18,19);1H. The summed E-state index contributed by atoms with van der Waals surface area (Å²) in [4.78, 5) is 11.8. The van der Waals surface area contributed by atoms with Crippen molar-refractivity contribution in [3.05, 3.63) is 34.9 Å². The second-order valence-electron chi connectivity index (χ2n) is 6.54. The first kappa shape index (κ1) is 17.0. The lowest BCUT2D eigenvalue weighted by molar-refractivity contribution is -0.121. The molecule has 0 bridgehead atoms. The number of fused-ring (bicyclic) bond motifs is 1. The number of benzene rings is 1. The molecule has 4 heteroatoms. The van der Waals surface area contributed by atoms with Crippen LogP contribution in [0.5, 0.6) is 0 Å². The lowest BCUT2D eigenvalue weighted by Gasteiger charge is -2.17. The molecule has 112 valence electrons. The van der Waals surface area contributed by atoms with E-state index < -0.39 is 0 Å². The Morgan fingerprint density at radius 3 is 2.65 bits per heavy atom. The highest BCUT2D eigenvalue weighted by Gasteiger charge is 2.13. The maximum atomic E-state index is 11.8. The molecule has 0 unspecified atom stereocenters. The van der Waals surface area contributed by atoms with Crippen molar-refractivity contribution in [3.8, 4) is 0 Å². The van der Waals surface area contributed by atoms with Gasteiger partial charge in [-0.1, -0.05) is 39.0 Å². The fourth-order valence-electron chi connectivity index (χ4n) is 2.24. The SMILES string of the molecule is CC(C)(C)CCC(=O)NCc1ccc2c(c1)CNC2.Cl. The third-order valence-electron chi connectivity index (χ3n) is 3.49. The van der Waals surface area contributed by atoms with Crippen molar-refractivity contribution in [2.45, 2.75) is 53.2 Å². The van der Waals surface area contributed by atoms with Crippen LogP contribution in [0.3, 0.4) is 0 Å². The van der Waals surface area contributed by atoms with Gasteiger partial charge in [-0.25, -0.2) is 0 Å². The maximum Gasteiger partial charge on any atom is 0.220 e. The normalized spacial score (nSPS) is 13.6. The van der Waals surface area contributed by atoms with Crippen LogP contribution in [0.1, 0.15) is 50.3 Å². The Morgan fingerprint density at radius 1 is 1.25 bits per heavy atom. The lowest BCUT2D eigenvalue weighted by Crippen LogP contribution is -2.24. The van der Waals surface area contributed by atoms with Crippen molar-refractivity contribution in [3.63, 3.8) is 0 Å². The molecular weight excluding hydrogens is 272 g/mol. The third-order valence-corrected chi connectivity index (χ3v) is 3.49. The van der Waals surface area contributed by atoms with E-state index in [4.69, 9.17) is 0 Å². The van der Waals surface area contributed by atoms with Gasteiger partial charge in [0.25, 0.3) is 0 Å². The predicted octanol–water partition coefficient (Wildman–Crippen LogP) is 3.15. The van der Waals surface area contributed by atoms with Crippen molar-refractivity contribution in [2.75, 3.05) is 0 Å². The van der Waals surface area contributed by atoms with Crippen LogP contribution < -0.4 is 10.6 Å². The van der Waals surface area contributed by atoms with Crippen molar-refractivity contribution < 1.29 is 4.79 Å². The number of amides is 1. The topological polar surface area (TPSA) is 41.1 Å². The van der Waals surface area contributed by atoms with Gasteiger partial charge >= 0.3 is 0 Å². The molecule has 1 aromatic rings. The Morgan fingerprint density at radius 2 is 1.95 bits per heavy atom. The number of rotatable bonds is 4. The van der Waals surface area contributed by atoms with E-state index in [2.05, 4.69) is 49.6 Å². The summed E-state index contributed by atoms with van der Waals surface area (Å²) in [5, 5.41) is 6.33. The van der Waals surface area contributed by atoms with E-state index in [1.165, 1.54) is 16.7 Å². The Labute approximate surface area is 127 Å². The first-order valence-electron chi connectivity index (χ1n) is 7.02. The molecule has 0 spiro atoms. The second kappa shape index (κ2) is 7.09. The smallest absolute Gasteiger partial charge is 0.220 e. The zero-order valence-electron chi connectivity index (χ0n) is 12.6. The summed E-state index contributed by atoms with van der Waals surface area (Å²) in [7, 11) is 0. The zero-order chi connectivity index (χ0) is 13.9. The summed E-state index contributed by atoms with van der Waals surface area (Å²) in [6.07, 6.45) is 1.53. The number of carbonyl (C=O) groups is 1. The predicted molar refractivity (Wildman–Crippen MR) is 84.8 cm³/mol. The van der Waals surface area contributed by atoms with E-state index >= 15 is 0 Å². The summed E-state index contributed by atoms with van der Waals surface area (Å²) in [5.74, 6) is 0.147. The first-order chi connectivity index (χ1) is 8.94. The van der Waals surface area contributed by atoms with Crippen molar-refractivity contribution in [2.24, 2.45) is 5.41 Å². The van der Waals surface area contributed by atoms with Crippen molar-refractivity contribution in [1.29, 1.82) is 0 Å². The molecule has 20 heavy (non-hydrogen) atoms. The van der Waals surface area contributed by atoms with Crippen LogP contribution in [0.4, 0.5) is 0 Å². The van der Waals surface area contributed by atoms with Gasteiger partial charge in [0.05, 0.1) is 0 Å². The fourth-order valence-corrected chi connectivity index (χ4v) is 2.24. The highest BCUT2D eigenvalue weighted by Crippen LogP contribution is 2.20. The summed E-state index contributed by atoms with van der Waals surface area (Å²) >= 11 is 0. The highest BCUT2D eigenvalue weighted by atomic mass is 35.5. The average Bonchev–Trinajstić information content (AvgIpc) is 2.80.